The summed E-state index contributed by atoms with van der Waals surface area (Å²) in [5.41, 5.74) is 2.46. The van der Waals surface area contributed by atoms with Crippen LogP contribution in [0.1, 0.15) is 29.3 Å². The number of aromatic nitrogens is 2. The number of amides is 1. The largest absolute Gasteiger partial charge is 0.342 e. The molecule has 1 atom stereocenters. The van der Waals surface area contributed by atoms with Gasteiger partial charge in [0.15, 0.2) is 5.82 Å². The summed E-state index contributed by atoms with van der Waals surface area (Å²) in [6.07, 6.45) is 1.16. The van der Waals surface area contributed by atoms with Crippen molar-refractivity contribution in [1.29, 1.82) is 5.26 Å². The van der Waals surface area contributed by atoms with Gasteiger partial charge in [0, 0.05) is 36.0 Å². The number of likely N-dealkylation sites (tertiary alicyclic amines) is 1. The number of halogens is 1. The molecular formula is C21H17ClN4O2. The highest BCUT2D eigenvalue weighted by molar-refractivity contribution is 6.30. The highest BCUT2D eigenvalue weighted by atomic mass is 35.5. The van der Waals surface area contributed by atoms with E-state index in [1.165, 1.54) is 0 Å². The molecule has 0 radical (unpaired) electrons. The third kappa shape index (κ3) is 3.90. The Labute approximate surface area is 167 Å². The first-order valence-electron chi connectivity index (χ1n) is 8.99. The van der Waals surface area contributed by atoms with Crippen LogP contribution >= 0.6 is 11.6 Å². The second-order valence-electron chi connectivity index (χ2n) is 6.76. The Bertz CT molecular complexity index is 1020. The van der Waals surface area contributed by atoms with Crippen molar-refractivity contribution in [1.82, 2.24) is 15.0 Å². The molecule has 0 N–H and O–H groups in total. The third-order valence-electron chi connectivity index (χ3n) is 4.87. The van der Waals surface area contributed by atoms with E-state index >= 15 is 0 Å². The van der Waals surface area contributed by atoms with Gasteiger partial charge in [0.05, 0.1) is 11.6 Å². The molecule has 0 aliphatic carbocycles. The molecule has 28 heavy (non-hydrogen) atoms. The standard InChI is InChI=1S/C21H17ClN4O2/c22-18-7-3-14(4-8-18)9-10-26-13-17(11-19(26)27)20-24-21(28-25-20)16-5-1-15(12-23)2-6-16/h1-8,17H,9-11,13H2. The summed E-state index contributed by atoms with van der Waals surface area (Å²) in [6.45, 7) is 1.23. The Morgan fingerprint density at radius 2 is 1.93 bits per heavy atom. The van der Waals surface area contributed by atoms with E-state index in [0.717, 1.165) is 17.5 Å². The van der Waals surface area contributed by atoms with E-state index < -0.39 is 0 Å². The molecule has 140 valence electrons. The Kier molecular flexibility index (Phi) is 5.09. The van der Waals surface area contributed by atoms with Crippen molar-refractivity contribution < 1.29 is 9.32 Å². The van der Waals surface area contributed by atoms with Crippen LogP contribution in [0.25, 0.3) is 11.5 Å². The molecule has 1 fully saturated rings. The van der Waals surface area contributed by atoms with Gasteiger partial charge in [-0.2, -0.15) is 10.2 Å². The maximum Gasteiger partial charge on any atom is 0.257 e. The molecule has 1 amide bonds. The molecule has 1 unspecified atom stereocenters. The fraction of sp³-hybridized carbons (Fsp3) is 0.238. The van der Waals surface area contributed by atoms with Gasteiger partial charge in [0.25, 0.3) is 5.89 Å². The van der Waals surface area contributed by atoms with Gasteiger partial charge in [-0.15, -0.1) is 0 Å². The number of rotatable bonds is 5. The molecule has 1 aromatic heterocycles. The highest BCUT2D eigenvalue weighted by Gasteiger charge is 2.33. The van der Waals surface area contributed by atoms with Crippen molar-refractivity contribution >= 4 is 17.5 Å². The van der Waals surface area contributed by atoms with Gasteiger partial charge in [-0.25, -0.2) is 0 Å². The minimum Gasteiger partial charge on any atom is -0.342 e. The van der Waals surface area contributed by atoms with Crippen LogP contribution in [0.4, 0.5) is 0 Å². The fourth-order valence-corrected chi connectivity index (χ4v) is 3.41. The van der Waals surface area contributed by atoms with E-state index in [1.807, 2.05) is 29.2 Å². The topological polar surface area (TPSA) is 83.0 Å². The maximum absolute atomic E-state index is 12.4. The minimum atomic E-state index is -0.0754. The summed E-state index contributed by atoms with van der Waals surface area (Å²) in [5, 5.41) is 13.7. The lowest BCUT2D eigenvalue weighted by atomic mass is 10.1. The zero-order valence-electron chi connectivity index (χ0n) is 15.0. The number of nitriles is 1. The molecule has 0 saturated carbocycles. The fourth-order valence-electron chi connectivity index (χ4n) is 3.28. The quantitative estimate of drug-likeness (QED) is 0.659. The number of carbonyl (C=O) groups is 1. The predicted octanol–water partition coefficient (Wildman–Crippen LogP) is 3.82. The number of benzene rings is 2. The first-order chi connectivity index (χ1) is 13.6. The zero-order chi connectivity index (χ0) is 19.5. The van der Waals surface area contributed by atoms with Crippen LogP contribution in [0, 0.1) is 11.3 Å². The van der Waals surface area contributed by atoms with Crippen molar-refractivity contribution in [2.75, 3.05) is 13.1 Å². The molecule has 1 aliphatic rings. The van der Waals surface area contributed by atoms with Gasteiger partial charge >= 0.3 is 0 Å². The smallest absolute Gasteiger partial charge is 0.257 e. The lowest BCUT2D eigenvalue weighted by Crippen LogP contribution is -2.27. The van der Waals surface area contributed by atoms with Crippen molar-refractivity contribution in [3.05, 3.63) is 70.5 Å². The van der Waals surface area contributed by atoms with Crippen molar-refractivity contribution in [2.45, 2.75) is 18.8 Å². The maximum atomic E-state index is 12.4. The summed E-state index contributed by atoms with van der Waals surface area (Å²) in [4.78, 5) is 18.7. The third-order valence-corrected chi connectivity index (χ3v) is 5.12. The molecule has 7 heteroatoms. The number of hydrogen-bond acceptors (Lipinski definition) is 5. The second kappa shape index (κ2) is 7.83. The molecule has 3 aromatic rings. The molecule has 1 saturated heterocycles. The van der Waals surface area contributed by atoms with Crippen LogP contribution < -0.4 is 0 Å². The van der Waals surface area contributed by atoms with Crippen molar-refractivity contribution in [3.63, 3.8) is 0 Å². The lowest BCUT2D eigenvalue weighted by Gasteiger charge is -2.15. The average molecular weight is 393 g/mol. The Hall–Kier alpha value is -3.17. The summed E-state index contributed by atoms with van der Waals surface area (Å²) in [5.74, 6) is 0.963. The Morgan fingerprint density at radius 1 is 1.18 bits per heavy atom. The van der Waals surface area contributed by atoms with Crippen LogP contribution in [0.15, 0.2) is 53.1 Å². The highest BCUT2D eigenvalue weighted by Crippen LogP contribution is 2.28. The molecule has 2 aromatic carbocycles. The zero-order valence-corrected chi connectivity index (χ0v) is 15.8. The SMILES string of the molecule is N#Cc1ccc(-c2nc(C3CC(=O)N(CCc4ccc(Cl)cc4)C3)no2)cc1. The van der Waals surface area contributed by atoms with E-state index in [1.54, 1.807) is 24.3 Å². The number of nitrogens with zero attached hydrogens (tertiary/aromatic N) is 4. The van der Waals surface area contributed by atoms with Gasteiger partial charge in [-0.3, -0.25) is 4.79 Å². The first-order valence-corrected chi connectivity index (χ1v) is 9.36. The van der Waals surface area contributed by atoms with E-state index in [9.17, 15) is 4.79 Å². The van der Waals surface area contributed by atoms with Crippen LogP contribution in [0.3, 0.4) is 0 Å². The molecule has 0 spiro atoms. The van der Waals surface area contributed by atoms with E-state index in [0.29, 0.717) is 41.8 Å². The average Bonchev–Trinajstić information content (AvgIpc) is 3.35. The minimum absolute atomic E-state index is 0.0754. The van der Waals surface area contributed by atoms with E-state index in [2.05, 4.69) is 16.2 Å². The van der Waals surface area contributed by atoms with Gasteiger partial charge in [0.1, 0.15) is 0 Å². The normalized spacial score (nSPS) is 16.4. The summed E-state index contributed by atoms with van der Waals surface area (Å²) in [6, 6.07) is 16.7. The van der Waals surface area contributed by atoms with Crippen LogP contribution in [0.2, 0.25) is 5.02 Å². The van der Waals surface area contributed by atoms with Crippen LogP contribution in [0.5, 0.6) is 0 Å². The summed E-state index contributed by atoms with van der Waals surface area (Å²) < 4.78 is 5.36. The van der Waals surface area contributed by atoms with Gasteiger partial charge in [-0.05, 0) is 48.4 Å². The van der Waals surface area contributed by atoms with Gasteiger partial charge in [-0.1, -0.05) is 28.9 Å². The molecule has 4 rings (SSSR count). The van der Waals surface area contributed by atoms with Gasteiger partial charge in [0.2, 0.25) is 5.91 Å². The van der Waals surface area contributed by atoms with Crippen LogP contribution in [-0.4, -0.2) is 34.0 Å². The summed E-state index contributed by atoms with van der Waals surface area (Å²) >= 11 is 5.91. The Morgan fingerprint density at radius 3 is 2.64 bits per heavy atom. The Balaban J connectivity index is 1.40. The molecule has 0 bridgehead atoms. The molecule has 1 aliphatic heterocycles. The first kappa shape index (κ1) is 18.2. The summed E-state index contributed by atoms with van der Waals surface area (Å²) in [7, 11) is 0. The van der Waals surface area contributed by atoms with Crippen molar-refractivity contribution in [2.24, 2.45) is 0 Å². The molecule has 6 nitrogen and oxygen atoms in total. The number of carbonyl (C=O) groups excluding carboxylic acids is 1. The van der Waals surface area contributed by atoms with E-state index in [4.69, 9.17) is 21.4 Å². The monoisotopic (exact) mass is 392 g/mol. The molecular weight excluding hydrogens is 376 g/mol. The lowest BCUT2D eigenvalue weighted by molar-refractivity contribution is -0.127. The second-order valence-corrected chi connectivity index (χ2v) is 7.20. The van der Waals surface area contributed by atoms with Gasteiger partial charge < -0.3 is 9.42 Å². The number of hydrogen-bond donors (Lipinski definition) is 0. The van der Waals surface area contributed by atoms with Crippen molar-refractivity contribution in [3.8, 4) is 17.5 Å². The van der Waals surface area contributed by atoms with Crippen LogP contribution in [-0.2, 0) is 11.2 Å². The molecule has 2 heterocycles. The predicted molar refractivity (Wildman–Crippen MR) is 104 cm³/mol. The van der Waals surface area contributed by atoms with E-state index in [-0.39, 0.29) is 11.8 Å².